The SMILES string of the molecule is Cc1noc(C)c1-c1nc(CN2CCCN(S(=O)(=O)c3c(C)noc3C)CC2)no1. The lowest BCUT2D eigenvalue weighted by Crippen LogP contribution is -2.35. The van der Waals surface area contributed by atoms with Gasteiger partial charge in [-0.1, -0.05) is 15.5 Å². The summed E-state index contributed by atoms with van der Waals surface area (Å²) in [5, 5.41) is 11.7. The van der Waals surface area contributed by atoms with Crippen molar-refractivity contribution in [3.63, 3.8) is 0 Å². The number of aromatic nitrogens is 4. The van der Waals surface area contributed by atoms with Crippen molar-refractivity contribution in [2.75, 3.05) is 26.2 Å². The van der Waals surface area contributed by atoms with Crippen molar-refractivity contribution in [2.24, 2.45) is 0 Å². The first-order valence-electron chi connectivity index (χ1n) is 9.68. The van der Waals surface area contributed by atoms with E-state index in [4.69, 9.17) is 13.6 Å². The molecule has 12 heteroatoms. The predicted molar refractivity (Wildman–Crippen MR) is 104 cm³/mol. The summed E-state index contributed by atoms with van der Waals surface area (Å²) in [6.07, 6.45) is 0.692. The Morgan fingerprint density at radius 3 is 2.27 bits per heavy atom. The van der Waals surface area contributed by atoms with Gasteiger partial charge in [0.1, 0.15) is 21.9 Å². The van der Waals surface area contributed by atoms with Gasteiger partial charge in [-0.3, -0.25) is 4.90 Å². The molecule has 0 saturated carbocycles. The molecule has 0 spiro atoms. The van der Waals surface area contributed by atoms with Crippen molar-refractivity contribution in [3.05, 3.63) is 28.7 Å². The first-order chi connectivity index (χ1) is 14.3. The molecular weight excluding hydrogens is 412 g/mol. The van der Waals surface area contributed by atoms with Crippen LogP contribution < -0.4 is 0 Å². The smallest absolute Gasteiger partial charge is 0.263 e. The fourth-order valence-electron chi connectivity index (χ4n) is 3.73. The standard InChI is InChI=1S/C18H24N6O5S/c1-11-16(13(3)27-20-11)18-19-15(22-29-18)10-23-6-5-7-24(9-8-23)30(25,26)17-12(2)21-28-14(17)4/h5-10H2,1-4H3. The van der Waals surface area contributed by atoms with E-state index in [0.29, 0.717) is 72.8 Å². The molecule has 3 aromatic heterocycles. The fourth-order valence-corrected chi connectivity index (χ4v) is 5.49. The van der Waals surface area contributed by atoms with E-state index in [-0.39, 0.29) is 4.90 Å². The van der Waals surface area contributed by atoms with Crippen molar-refractivity contribution in [1.29, 1.82) is 0 Å². The zero-order valence-electron chi connectivity index (χ0n) is 17.4. The lowest BCUT2D eigenvalue weighted by molar-refractivity contribution is 0.266. The zero-order chi connectivity index (χ0) is 21.5. The Kier molecular flexibility index (Phi) is 5.47. The summed E-state index contributed by atoms with van der Waals surface area (Å²) < 4.78 is 43.2. The minimum Gasteiger partial charge on any atom is -0.361 e. The van der Waals surface area contributed by atoms with Crippen molar-refractivity contribution < 1.29 is 22.0 Å². The van der Waals surface area contributed by atoms with Crippen molar-refractivity contribution in [2.45, 2.75) is 45.6 Å². The number of hydrogen-bond acceptors (Lipinski definition) is 10. The third kappa shape index (κ3) is 3.77. The average Bonchev–Trinajstić information content (AvgIpc) is 3.30. The monoisotopic (exact) mass is 436 g/mol. The lowest BCUT2D eigenvalue weighted by Gasteiger charge is -2.20. The van der Waals surface area contributed by atoms with Gasteiger partial charge in [-0.2, -0.15) is 9.29 Å². The minimum atomic E-state index is -3.65. The number of aryl methyl sites for hydroxylation is 4. The third-order valence-electron chi connectivity index (χ3n) is 5.19. The van der Waals surface area contributed by atoms with Gasteiger partial charge in [0.2, 0.25) is 10.0 Å². The van der Waals surface area contributed by atoms with Crippen LogP contribution >= 0.6 is 0 Å². The number of rotatable bonds is 5. The van der Waals surface area contributed by atoms with Gasteiger partial charge in [-0.25, -0.2) is 8.42 Å². The number of hydrogen-bond donors (Lipinski definition) is 0. The molecule has 1 aliphatic heterocycles. The maximum Gasteiger partial charge on any atom is 0.263 e. The molecule has 1 saturated heterocycles. The fraction of sp³-hybridized carbons (Fsp3) is 0.556. The molecule has 0 atom stereocenters. The van der Waals surface area contributed by atoms with Crippen LogP contribution in [0.5, 0.6) is 0 Å². The zero-order valence-corrected chi connectivity index (χ0v) is 18.2. The van der Waals surface area contributed by atoms with Gasteiger partial charge in [0.05, 0.1) is 12.2 Å². The first-order valence-corrected chi connectivity index (χ1v) is 11.1. The van der Waals surface area contributed by atoms with Crippen molar-refractivity contribution in [1.82, 2.24) is 29.7 Å². The topological polar surface area (TPSA) is 132 Å². The van der Waals surface area contributed by atoms with Crippen LogP contribution in [0.2, 0.25) is 0 Å². The van der Waals surface area contributed by atoms with Crippen LogP contribution in [0.3, 0.4) is 0 Å². The highest BCUT2D eigenvalue weighted by Crippen LogP contribution is 2.26. The van der Waals surface area contributed by atoms with Gasteiger partial charge in [0.15, 0.2) is 11.6 Å². The van der Waals surface area contributed by atoms with Crippen LogP contribution in [0.25, 0.3) is 11.5 Å². The van der Waals surface area contributed by atoms with Gasteiger partial charge in [0.25, 0.3) is 5.89 Å². The van der Waals surface area contributed by atoms with E-state index < -0.39 is 10.0 Å². The van der Waals surface area contributed by atoms with Crippen LogP contribution in [0.15, 0.2) is 18.5 Å². The predicted octanol–water partition coefficient (Wildman–Crippen LogP) is 1.84. The molecule has 3 aromatic rings. The summed E-state index contributed by atoms with van der Waals surface area (Å²) in [7, 11) is -3.65. The molecule has 4 rings (SSSR count). The van der Waals surface area contributed by atoms with Gasteiger partial charge < -0.3 is 13.6 Å². The summed E-state index contributed by atoms with van der Waals surface area (Å²) in [4.78, 5) is 6.74. The molecule has 0 radical (unpaired) electrons. The van der Waals surface area contributed by atoms with E-state index >= 15 is 0 Å². The quantitative estimate of drug-likeness (QED) is 0.583. The summed E-state index contributed by atoms with van der Waals surface area (Å²) in [5.41, 5.74) is 1.78. The van der Waals surface area contributed by atoms with Crippen LogP contribution in [0, 0.1) is 27.7 Å². The van der Waals surface area contributed by atoms with Crippen LogP contribution in [-0.4, -0.2) is 64.3 Å². The van der Waals surface area contributed by atoms with E-state index in [0.717, 1.165) is 6.54 Å². The highest BCUT2D eigenvalue weighted by molar-refractivity contribution is 7.89. The maximum atomic E-state index is 13.1. The molecule has 4 heterocycles. The Morgan fingerprint density at radius 2 is 1.60 bits per heavy atom. The number of nitrogens with zero attached hydrogens (tertiary/aromatic N) is 6. The molecule has 162 valence electrons. The minimum absolute atomic E-state index is 0.165. The molecule has 1 aliphatic rings. The van der Waals surface area contributed by atoms with Gasteiger partial charge in [-0.15, -0.1) is 0 Å². The van der Waals surface area contributed by atoms with Crippen LogP contribution in [0.1, 0.15) is 35.2 Å². The second-order valence-electron chi connectivity index (χ2n) is 7.40. The molecule has 0 amide bonds. The van der Waals surface area contributed by atoms with Crippen molar-refractivity contribution >= 4 is 10.0 Å². The van der Waals surface area contributed by atoms with Gasteiger partial charge in [-0.05, 0) is 40.7 Å². The van der Waals surface area contributed by atoms with Gasteiger partial charge >= 0.3 is 0 Å². The highest BCUT2D eigenvalue weighted by atomic mass is 32.2. The number of sulfonamides is 1. The third-order valence-corrected chi connectivity index (χ3v) is 7.34. The molecule has 0 unspecified atom stereocenters. The first kappa shape index (κ1) is 20.7. The molecule has 30 heavy (non-hydrogen) atoms. The Balaban J connectivity index is 1.44. The summed E-state index contributed by atoms with van der Waals surface area (Å²) in [6.45, 7) is 9.40. The van der Waals surface area contributed by atoms with Crippen LogP contribution in [-0.2, 0) is 16.6 Å². The maximum absolute atomic E-state index is 13.1. The Labute approximate surface area is 174 Å². The van der Waals surface area contributed by atoms with Crippen molar-refractivity contribution in [3.8, 4) is 11.5 Å². The lowest BCUT2D eigenvalue weighted by atomic mass is 10.2. The second kappa shape index (κ2) is 7.93. The Hall–Kier alpha value is -2.57. The summed E-state index contributed by atoms with van der Waals surface area (Å²) in [5.74, 6) is 1.84. The molecule has 0 bridgehead atoms. The average molecular weight is 436 g/mol. The molecule has 0 aliphatic carbocycles. The normalized spacial score (nSPS) is 16.8. The molecular formula is C18H24N6O5S. The molecule has 0 N–H and O–H groups in total. The highest BCUT2D eigenvalue weighted by Gasteiger charge is 2.32. The largest absolute Gasteiger partial charge is 0.361 e. The summed E-state index contributed by atoms with van der Waals surface area (Å²) >= 11 is 0. The Bertz CT molecular complexity index is 1110. The molecule has 1 fully saturated rings. The van der Waals surface area contributed by atoms with E-state index in [9.17, 15) is 8.42 Å². The van der Waals surface area contributed by atoms with E-state index in [2.05, 4.69) is 25.4 Å². The second-order valence-corrected chi connectivity index (χ2v) is 9.28. The Morgan fingerprint density at radius 1 is 0.867 bits per heavy atom. The van der Waals surface area contributed by atoms with E-state index in [1.165, 1.54) is 4.31 Å². The van der Waals surface area contributed by atoms with Gasteiger partial charge in [0, 0.05) is 19.6 Å². The molecule has 0 aromatic carbocycles. The van der Waals surface area contributed by atoms with E-state index in [1.807, 2.05) is 6.92 Å². The van der Waals surface area contributed by atoms with Crippen LogP contribution in [0.4, 0.5) is 0 Å². The molecule has 11 nitrogen and oxygen atoms in total. The summed E-state index contributed by atoms with van der Waals surface area (Å²) in [6, 6.07) is 0. The van der Waals surface area contributed by atoms with E-state index in [1.54, 1.807) is 20.8 Å².